The van der Waals surface area contributed by atoms with E-state index in [-0.39, 0.29) is 5.78 Å². The van der Waals surface area contributed by atoms with Gasteiger partial charge in [-0.25, -0.2) is 0 Å². The number of nitrogens with one attached hydrogen (secondary N) is 1. The number of aryl methyl sites for hydroxylation is 1. The van der Waals surface area contributed by atoms with Crippen LogP contribution in [0.3, 0.4) is 0 Å². The predicted octanol–water partition coefficient (Wildman–Crippen LogP) is 1.06. The van der Waals surface area contributed by atoms with Crippen molar-refractivity contribution in [3.05, 3.63) is 11.8 Å². The van der Waals surface area contributed by atoms with E-state index in [1.807, 2.05) is 0 Å². The molecule has 0 atom stereocenters. The van der Waals surface area contributed by atoms with Gasteiger partial charge in [0.2, 0.25) is 0 Å². The Hall–Kier alpha value is -1.76. The molecular formula is C10H13N3O. The van der Waals surface area contributed by atoms with Crippen molar-refractivity contribution in [2.75, 3.05) is 11.9 Å². The molecule has 74 valence electrons. The van der Waals surface area contributed by atoms with Gasteiger partial charge < -0.3 is 5.32 Å². The van der Waals surface area contributed by atoms with Crippen LogP contribution < -0.4 is 5.32 Å². The molecule has 0 saturated carbocycles. The van der Waals surface area contributed by atoms with E-state index in [1.54, 1.807) is 17.9 Å². The summed E-state index contributed by atoms with van der Waals surface area (Å²) in [6.07, 6.45) is 7.31. The lowest BCUT2D eigenvalue weighted by atomic mass is 10.2. The minimum Gasteiger partial charge on any atom is -0.369 e. The van der Waals surface area contributed by atoms with Gasteiger partial charge in [0.25, 0.3) is 0 Å². The summed E-state index contributed by atoms with van der Waals surface area (Å²) in [7, 11) is 1.78. The Morgan fingerprint density at radius 2 is 2.50 bits per heavy atom. The van der Waals surface area contributed by atoms with Crippen LogP contribution in [0.5, 0.6) is 0 Å². The number of carbonyl (C=O) groups is 1. The van der Waals surface area contributed by atoms with E-state index >= 15 is 0 Å². The van der Waals surface area contributed by atoms with Crippen molar-refractivity contribution < 1.29 is 4.79 Å². The normalized spacial score (nSPS) is 9.50. The third-order valence-corrected chi connectivity index (χ3v) is 1.88. The molecule has 0 aromatic carbocycles. The first-order valence-corrected chi connectivity index (χ1v) is 4.37. The van der Waals surface area contributed by atoms with E-state index in [9.17, 15) is 4.79 Å². The van der Waals surface area contributed by atoms with Crippen molar-refractivity contribution in [3.63, 3.8) is 0 Å². The Morgan fingerprint density at radius 3 is 3.07 bits per heavy atom. The maximum Gasteiger partial charge on any atom is 0.165 e. The number of nitrogens with zero attached hydrogens (tertiary/aromatic N) is 2. The van der Waals surface area contributed by atoms with Gasteiger partial charge in [0.05, 0.1) is 11.8 Å². The second-order valence-corrected chi connectivity index (χ2v) is 2.97. The molecule has 4 heteroatoms. The smallest absolute Gasteiger partial charge is 0.165 e. The molecular weight excluding hydrogens is 178 g/mol. The van der Waals surface area contributed by atoms with E-state index in [0.717, 1.165) is 5.82 Å². The summed E-state index contributed by atoms with van der Waals surface area (Å²) >= 11 is 0. The summed E-state index contributed by atoms with van der Waals surface area (Å²) in [5.74, 6) is 3.25. The lowest BCUT2D eigenvalue weighted by molar-refractivity contribution is 0.101. The second kappa shape index (κ2) is 4.47. The number of carbonyl (C=O) groups excluding carboxylic acids is 1. The van der Waals surface area contributed by atoms with E-state index in [2.05, 4.69) is 16.3 Å². The molecule has 1 heterocycles. The first kappa shape index (κ1) is 10.3. The summed E-state index contributed by atoms with van der Waals surface area (Å²) in [5, 5.41) is 7.08. The monoisotopic (exact) mass is 191 g/mol. The Balaban J connectivity index is 2.79. The number of Topliss-reactive ketones (excluding diaryl/α,β-unsaturated/α-hetero) is 1. The summed E-state index contributed by atoms with van der Waals surface area (Å²) < 4.78 is 1.63. The molecule has 0 spiro atoms. The average molecular weight is 191 g/mol. The minimum atomic E-state index is 0.00121. The van der Waals surface area contributed by atoms with Crippen LogP contribution in [0.1, 0.15) is 23.7 Å². The SMILES string of the molecule is C#CCCNc1c(C(C)=O)cnn1C. The van der Waals surface area contributed by atoms with Crippen LogP contribution in [0.2, 0.25) is 0 Å². The number of aromatic nitrogens is 2. The predicted molar refractivity (Wildman–Crippen MR) is 55.2 cm³/mol. The standard InChI is InChI=1S/C10H13N3O/c1-4-5-6-11-10-9(8(2)14)7-12-13(10)3/h1,7,11H,5-6H2,2-3H3. The lowest BCUT2D eigenvalue weighted by Crippen LogP contribution is -2.08. The highest BCUT2D eigenvalue weighted by Gasteiger charge is 2.11. The van der Waals surface area contributed by atoms with Crippen LogP contribution in [0.15, 0.2) is 6.20 Å². The fraction of sp³-hybridized carbons (Fsp3) is 0.400. The van der Waals surface area contributed by atoms with Gasteiger partial charge in [0.15, 0.2) is 5.78 Å². The van der Waals surface area contributed by atoms with Gasteiger partial charge in [-0.05, 0) is 6.92 Å². The zero-order chi connectivity index (χ0) is 10.6. The number of hydrogen-bond donors (Lipinski definition) is 1. The Labute approximate surface area is 83.3 Å². The molecule has 0 aliphatic rings. The van der Waals surface area contributed by atoms with E-state index in [1.165, 1.54) is 6.92 Å². The van der Waals surface area contributed by atoms with Crippen molar-refractivity contribution in [3.8, 4) is 12.3 Å². The zero-order valence-electron chi connectivity index (χ0n) is 8.37. The van der Waals surface area contributed by atoms with E-state index in [0.29, 0.717) is 18.5 Å². The van der Waals surface area contributed by atoms with Crippen LogP contribution in [-0.2, 0) is 7.05 Å². The third kappa shape index (κ3) is 2.13. The van der Waals surface area contributed by atoms with Gasteiger partial charge in [-0.1, -0.05) is 0 Å². The van der Waals surface area contributed by atoms with E-state index in [4.69, 9.17) is 6.42 Å². The molecule has 0 bridgehead atoms. The third-order valence-electron chi connectivity index (χ3n) is 1.88. The number of ketones is 1. The zero-order valence-corrected chi connectivity index (χ0v) is 8.37. The van der Waals surface area contributed by atoms with Crippen molar-refractivity contribution in [1.29, 1.82) is 0 Å². The highest BCUT2D eigenvalue weighted by atomic mass is 16.1. The highest BCUT2D eigenvalue weighted by molar-refractivity contribution is 5.98. The fourth-order valence-corrected chi connectivity index (χ4v) is 1.16. The van der Waals surface area contributed by atoms with Crippen LogP contribution >= 0.6 is 0 Å². The fourth-order valence-electron chi connectivity index (χ4n) is 1.16. The number of anilines is 1. The maximum atomic E-state index is 11.2. The number of rotatable bonds is 4. The molecule has 1 rings (SSSR count). The molecule has 0 amide bonds. The van der Waals surface area contributed by atoms with Gasteiger partial charge in [-0.15, -0.1) is 12.3 Å². The molecule has 0 radical (unpaired) electrons. The van der Waals surface area contributed by atoms with Crippen LogP contribution in [0.4, 0.5) is 5.82 Å². The van der Waals surface area contributed by atoms with Crippen molar-refractivity contribution in [2.24, 2.45) is 7.05 Å². The summed E-state index contributed by atoms with van der Waals surface area (Å²) in [6, 6.07) is 0. The molecule has 1 aromatic rings. The van der Waals surface area contributed by atoms with Crippen molar-refractivity contribution in [1.82, 2.24) is 9.78 Å². The first-order chi connectivity index (χ1) is 6.66. The molecule has 0 saturated heterocycles. The molecule has 0 fully saturated rings. The van der Waals surface area contributed by atoms with Gasteiger partial charge in [0, 0.05) is 20.0 Å². The molecule has 14 heavy (non-hydrogen) atoms. The minimum absolute atomic E-state index is 0.00121. The summed E-state index contributed by atoms with van der Waals surface area (Å²) in [4.78, 5) is 11.2. The molecule has 0 aliphatic heterocycles. The molecule has 1 N–H and O–H groups in total. The van der Waals surface area contributed by atoms with Crippen LogP contribution in [0, 0.1) is 12.3 Å². The van der Waals surface area contributed by atoms with Gasteiger partial charge in [0.1, 0.15) is 5.82 Å². The Bertz CT molecular complexity index is 373. The van der Waals surface area contributed by atoms with Gasteiger partial charge >= 0.3 is 0 Å². The largest absolute Gasteiger partial charge is 0.369 e. The van der Waals surface area contributed by atoms with Crippen LogP contribution in [0.25, 0.3) is 0 Å². The molecule has 1 aromatic heterocycles. The molecule has 4 nitrogen and oxygen atoms in total. The topological polar surface area (TPSA) is 46.9 Å². The maximum absolute atomic E-state index is 11.2. The van der Waals surface area contributed by atoms with E-state index < -0.39 is 0 Å². The van der Waals surface area contributed by atoms with Crippen molar-refractivity contribution in [2.45, 2.75) is 13.3 Å². The van der Waals surface area contributed by atoms with Gasteiger partial charge in [-0.3, -0.25) is 9.48 Å². The number of terminal acetylenes is 1. The number of hydrogen-bond acceptors (Lipinski definition) is 3. The summed E-state index contributed by atoms with van der Waals surface area (Å²) in [6.45, 7) is 2.17. The van der Waals surface area contributed by atoms with Crippen molar-refractivity contribution >= 4 is 11.6 Å². The first-order valence-electron chi connectivity index (χ1n) is 4.37. The molecule has 0 aliphatic carbocycles. The Morgan fingerprint density at radius 1 is 1.79 bits per heavy atom. The highest BCUT2D eigenvalue weighted by Crippen LogP contribution is 2.13. The molecule has 0 unspecified atom stereocenters. The van der Waals surface area contributed by atoms with Gasteiger partial charge in [-0.2, -0.15) is 5.10 Å². The Kier molecular flexibility index (Phi) is 3.29. The lowest BCUT2D eigenvalue weighted by Gasteiger charge is -2.05. The average Bonchev–Trinajstić information content (AvgIpc) is 2.48. The second-order valence-electron chi connectivity index (χ2n) is 2.97. The summed E-state index contributed by atoms with van der Waals surface area (Å²) in [5.41, 5.74) is 0.601. The van der Waals surface area contributed by atoms with Crippen LogP contribution in [-0.4, -0.2) is 22.1 Å². The quantitative estimate of drug-likeness (QED) is 0.439.